The van der Waals surface area contributed by atoms with E-state index in [1.165, 1.54) is 135 Å². The number of allylic oxidation sites excluding steroid dienone is 6. The van der Waals surface area contributed by atoms with E-state index in [1.807, 2.05) is 0 Å². The number of carboxylic acids is 1. The minimum Gasteiger partial charge on any atom is -0.544 e. The Morgan fingerprint density at radius 1 is 0.508 bits per heavy atom. The quantitative estimate of drug-likeness (QED) is 0.0260. The minimum absolute atomic E-state index is 0.0395. The highest BCUT2D eigenvalue weighted by Crippen LogP contribution is 2.16. The lowest BCUT2D eigenvalue weighted by molar-refractivity contribution is -0.889. The van der Waals surface area contributed by atoms with Gasteiger partial charge in [0, 0.05) is 19.3 Å². The van der Waals surface area contributed by atoms with Crippen molar-refractivity contribution in [3.63, 3.8) is 0 Å². The monoisotopic (exact) mass is 860 g/mol. The first kappa shape index (κ1) is 58.6. The molecule has 0 radical (unpaired) electrons. The van der Waals surface area contributed by atoms with Crippen LogP contribution in [-0.4, -0.2) is 75.5 Å². The summed E-state index contributed by atoms with van der Waals surface area (Å²) >= 11 is 0. The first-order chi connectivity index (χ1) is 29.6. The molecule has 2 atom stereocenters. The number of hydrogen-bond acceptors (Lipinski definition) is 7. The van der Waals surface area contributed by atoms with Crippen molar-refractivity contribution in [2.24, 2.45) is 0 Å². The molecule has 2 unspecified atom stereocenters. The number of carbonyl (C=O) groups excluding carboxylic acids is 3. The van der Waals surface area contributed by atoms with Gasteiger partial charge in [-0.05, 0) is 44.9 Å². The number of hydrogen-bond donors (Lipinski definition) is 0. The van der Waals surface area contributed by atoms with Crippen molar-refractivity contribution in [1.29, 1.82) is 0 Å². The van der Waals surface area contributed by atoms with Crippen LogP contribution in [0.4, 0.5) is 0 Å². The third kappa shape index (κ3) is 42.6. The molecule has 0 saturated carbocycles. The third-order valence-corrected chi connectivity index (χ3v) is 11.5. The van der Waals surface area contributed by atoms with Crippen LogP contribution in [0.25, 0.3) is 0 Å². The van der Waals surface area contributed by atoms with Crippen LogP contribution in [0.3, 0.4) is 0 Å². The summed E-state index contributed by atoms with van der Waals surface area (Å²) in [5.74, 6) is -1.73. The summed E-state index contributed by atoms with van der Waals surface area (Å²) in [5, 5.41) is 11.7. The molecule has 0 amide bonds. The second-order valence-corrected chi connectivity index (χ2v) is 18.4. The fourth-order valence-corrected chi connectivity index (χ4v) is 7.62. The van der Waals surface area contributed by atoms with Crippen LogP contribution >= 0.6 is 0 Å². The van der Waals surface area contributed by atoms with Gasteiger partial charge in [0.15, 0.2) is 6.10 Å². The minimum atomic E-state index is -1.12. The van der Waals surface area contributed by atoms with Crippen molar-refractivity contribution < 1.29 is 38.2 Å². The fraction of sp³-hybridized carbons (Fsp3) is 0.830. The van der Waals surface area contributed by atoms with Crippen LogP contribution in [0, 0.1) is 0 Å². The van der Waals surface area contributed by atoms with Gasteiger partial charge in [-0.25, -0.2) is 0 Å². The standard InChI is InChI=1S/C53H97NO7/c1-6-8-10-12-14-16-18-20-22-24-25-26-28-29-31-33-35-37-39-41-43-51(55)60-48-49(47-59-46-45-50(53(57)58)54(3,4)5)61-52(56)44-42-40-38-36-34-32-30-27-23-21-19-17-15-13-11-9-7-2/h9,11,15,17,21,23,49-50H,6-8,10,12-14,16,18-20,22,24-48H2,1-5H3/b11-9-,17-15-,23-21-. The smallest absolute Gasteiger partial charge is 0.306 e. The Labute approximate surface area is 376 Å². The van der Waals surface area contributed by atoms with E-state index in [4.69, 9.17) is 14.2 Å². The van der Waals surface area contributed by atoms with Crippen LogP contribution in [0.5, 0.6) is 0 Å². The third-order valence-electron chi connectivity index (χ3n) is 11.5. The average Bonchev–Trinajstić information content (AvgIpc) is 3.22. The molecule has 0 saturated heterocycles. The molecule has 0 aromatic rings. The molecular weight excluding hydrogens is 763 g/mol. The Kier molecular flexibility index (Phi) is 42.4. The van der Waals surface area contributed by atoms with E-state index in [0.717, 1.165) is 64.2 Å². The Bertz CT molecular complexity index is 1090. The van der Waals surface area contributed by atoms with Crippen molar-refractivity contribution in [3.8, 4) is 0 Å². The normalized spacial score (nSPS) is 13.1. The lowest BCUT2D eigenvalue weighted by Gasteiger charge is -2.34. The van der Waals surface area contributed by atoms with Gasteiger partial charge in [0.2, 0.25) is 0 Å². The van der Waals surface area contributed by atoms with Gasteiger partial charge < -0.3 is 28.6 Å². The number of esters is 2. The largest absolute Gasteiger partial charge is 0.544 e. The zero-order valence-corrected chi connectivity index (χ0v) is 40.6. The van der Waals surface area contributed by atoms with Gasteiger partial charge in [-0.2, -0.15) is 0 Å². The molecule has 0 aliphatic heterocycles. The summed E-state index contributed by atoms with van der Waals surface area (Å²) in [6, 6.07) is -0.727. The highest BCUT2D eigenvalue weighted by atomic mass is 16.6. The Balaban J connectivity index is 4.22. The summed E-state index contributed by atoms with van der Waals surface area (Å²) in [5.41, 5.74) is 0. The summed E-state index contributed by atoms with van der Waals surface area (Å²) in [4.78, 5) is 37.0. The van der Waals surface area contributed by atoms with Crippen molar-refractivity contribution in [3.05, 3.63) is 36.5 Å². The first-order valence-corrected chi connectivity index (χ1v) is 25.5. The van der Waals surface area contributed by atoms with E-state index in [1.54, 1.807) is 21.1 Å². The average molecular weight is 860 g/mol. The van der Waals surface area contributed by atoms with E-state index in [-0.39, 0.29) is 42.7 Å². The molecule has 0 fully saturated rings. The number of unbranched alkanes of at least 4 members (excludes halogenated alkanes) is 26. The number of aliphatic carboxylic acids is 1. The molecule has 0 aromatic carbocycles. The van der Waals surface area contributed by atoms with Gasteiger partial charge in [-0.3, -0.25) is 9.59 Å². The van der Waals surface area contributed by atoms with Gasteiger partial charge in [-0.15, -0.1) is 0 Å². The van der Waals surface area contributed by atoms with E-state index in [9.17, 15) is 19.5 Å². The second-order valence-electron chi connectivity index (χ2n) is 18.4. The molecule has 8 heteroatoms. The van der Waals surface area contributed by atoms with Crippen molar-refractivity contribution in [2.75, 3.05) is 41.0 Å². The predicted octanol–water partition coefficient (Wildman–Crippen LogP) is 13.3. The van der Waals surface area contributed by atoms with Crippen LogP contribution in [-0.2, 0) is 28.6 Å². The van der Waals surface area contributed by atoms with E-state index < -0.39 is 18.1 Å². The molecule has 0 aliphatic carbocycles. The molecule has 0 bridgehead atoms. The number of quaternary nitrogens is 1. The molecular formula is C53H97NO7. The number of ether oxygens (including phenoxy) is 3. The summed E-state index contributed by atoms with van der Waals surface area (Å²) in [7, 11) is 5.42. The molecule has 0 aromatic heterocycles. The first-order valence-electron chi connectivity index (χ1n) is 25.5. The molecule has 8 nitrogen and oxygen atoms in total. The molecule has 0 aliphatic rings. The van der Waals surface area contributed by atoms with Crippen LogP contribution in [0.15, 0.2) is 36.5 Å². The topological polar surface area (TPSA) is 102 Å². The summed E-state index contributed by atoms with van der Waals surface area (Å²) in [6.45, 7) is 4.58. The van der Waals surface area contributed by atoms with Gasteiger partial charge in [0.25, 0.3) is 0 Å². The number of likely N-dealkylation sites (N-methyl/N-ethyl adjacent to an activating group) is 1. The zero-order valence-electron chi connectivity index (χ0n) is 40.6. The highest BCUT2D eigenvalue weighted by Gasteiger charge is 2.25. The second kappa shape index (κ2) is 44.2. The van der Waals surface area contributed by atoms with Crippen molar-refractivity contribution in [1.82, 2.24) is 0 Å². The van der Waals surface area contributed by atoms with Crippen LogP contribution in [0.1, 0.15) is 232 Å². The lowest BCUT2D eigenvalue weighted by Crippen LogP contribution is -2.55. The SMILES string of the molecule is CC/C=C\C/C=C\C/C=C\CCCCCCCCCC(=O)OC(COCCC(C(=O)[O-])[N+](C)(C)C)COC(=O)CCCCCCCCCCCCCCCCCCCCCC. The maximum atomic E-state index is 12.8. The number of carboxylic acid groups (broad SMARTS) is 1. The summed E-state index contributed by atoms with van der Waals surface area (Å²) < 4.78 is 17.2. The highest BCUT2D eigenvalue weighted by molar-refractivity contribution is 5.70. The van der Waals surface area contributed by atoms with Gasteiger partial charge in [0.1, 0.15) is 12.6 Å². The summed E-state index contributed by atoms with van der Waals surface area (Å²) in [6.07, 6.45) is 51.7. The molecule has 61 heavy (non-hydrogen) atoms. The van der Waals surface area contributed by atoms with Gasteiger partial charge in [-0.1, -0.05) is 204 Å². The maximum absolute atomic E-state index is 12.8. The van der Waals surface area contributed by atoms with E-state index in [0.29, 0.717) is 12.8 Å². The molecule has 0 rings (SSSR count). The maximum Gasteiger partial charge on any atom is 0.306 e. The van der Waals surface area contributed by atoms with Gasteiger partial charge in [0.05, 0.1) is 40.3 Å². The Morgan fingerprint density at radius 2 is 0.918 bits per heavy atom. The Hall–Kier alpha value is -2.45. The number of rotatable bonds is 46. The zero-order chi connectivity index (χ0) is 44.9. The lowest BCUT2D eigenvalue weighted by atomic mass is 10.0. The fourth-order valence-electron chi connectivity index (χ4n) is 7.62. The van der Waals surface area contributed by atoms with Crippen molar-refractivity contribution in [2.45, 2.75) is 244 Å². The van der Waals surface area contributed by atoms with Crippen molar-refractivity contribution >= 4 is 17.9 Å². The predicted molar refractivity (Wildman–Crippen MR) is 254 cm³/mol. The number of carbonyl (C=O) groups is 3. The van der Waals surface area contributed by atoms with Crippen LogP contribution < -0.4 is 5.11 Å². The van der Waals surface area contributed by atoms with Gasteiger partial charge >= 0.3 is 11.9 Å². The molecule has 356 valence electrons. The van der Waals surface area contributed by atoms with E-state index in [2.05, 4.69) is 50.3 Å². The number of nitrogens with zero attached hydrogens (tertiary/aromatic N) is 1. The Morgan fingerprint density at radius 3 is 1.36 bits per heavy atom. The molecule has 0 N–H and O–H groups in total. The van der Waals surface area contributed by atoms with Crippen LogP contribution in [0.2, 0.25) is 0 Å². The molecule has 0 heterocycles. The van der Waals surface area contributed by atoms with E-state index >= 15 is 0 Å². The molecule has 0 spiro atoms.